The summed E-state index contributed by atoms with van der Waals surface area (Å²) in [5.74, 6) is -0.514. The van der Waals surface area contributed by atoms with E-state index in [-0.39, 0.29) is 17.0 Å². The number of alkyl halides is 3. The molecule has 0 spiro atoms. The van der Waals surface area contributed by atoms with Gasteiger partial charge in [-0.3, -0.25) is 9.48 Å². The highest BCUT2D eigenvalue weighted by Crippen LogP contribution is 2.25. The van der Waals surface area contributed by atoms with Gasteiger partial charge in [-0.2, -0.15) is 5.10 Å². The van der Waals surface area contributed by atoms with Gasteiger partial charge in [0, 0.05) is 12.6 Å². The Morgan fingerprint density at radius 1 is 1.24 bits per heavy atom. The standard InChI is InChI=1S/C13H11F3N2O3/c1-18-11(10(20-2)7-17-18)12(19)8-3-5-9(6-4-8)21-13(14,15)16/h3-7H,1-2H3. The number of hydrogen-bond donors (Lipinski definition) is 0. The predicted octanol–water partition coefficient (Wildman–Crippen LogP) is 2.56. The van der Waals surface area contributed by atoms with Crippen LogP contribution in [0.5, 0.6) is 11.5 Å². The van der Waals surface area contributed by atoms with E-state index in [0.717, 1.165) is 12.1 Å². The number of carbonyl (C=O) groups excluding carboxylic acids is 1. The Morgan fingerprint density at radius 3 is 2.38 bits per heavy atom. The number of aromatic nitrogens is 2. The van der Waals surface area contributed by atoms with Crippen molar-refractivity contribution in [3.8, 4) is 11.5 Å². The van der Waals surface area contributed by atoms with Crippen LogP contribution in [-0.4, -0.2) is 29.0 Å². The lowest BCUT2D eigenvalue weighted by Crippen LogP contribution is -2.17. The van der Waals surface area contributed by atoms with Crippen LogP contribution in [0.2, 0.25) is 0 Å². The van der Waals surface area contributed by atoms with E-state index < -0.39 is 17.9 Å². The highest BCUT2D eigenvalue weighted by molar-refractivity contribution is 6.09. The maximum atomic E-state index is 12.3. The quantitative estimate of drug-likeness (QED) is 0.814. The first-order valence-electron chi connectivity index (χ1n) is 5.78. The van der Waals surface area contributed by atoms with Gasteiger partial charge in [0.05, 0.1) is 13.3 Å². The first-order chi connectivity index (χ1) is 9.81. The van der Waals surface area contributed by atoms with Gasteiger partial charge in [0.1, 0.15) is 5.75 Å². The lowest BCUT2D eigenvalue weighted by atomic mass is 10.1. The number of hydrogen-bond acceptors (Lipinski definition) is 4. The van der Waals surface area contributed by atoms with E-state index in [9.17, 15) is 18.0 Å². The van der Waals surface area contributed by atoms with Crippen LogP contribution in [0.4, 0.5) is 13.2 Å². The number of benzene rings is 1. The molecule has 0 radical (unpaired) electrons. The second kappa shape index (κ2) is 5.47. The molecule has 0 amide bonds. The van der Waals surface area contributed by atoms with Crippen LogP contribution >= 0.6 is 0 Å². The number of rotatable bonds is 4. The smallest absolute Gasteiger partial charge is 0.493 e. The Kier molecular flexibility index (Phi) is 3.88. The summed E-state index contributed by atoms with van der Waals surface area (Å²) in [5.41, 5.74) is 0.411. The van der Waals surface area contributed by atoms with E-state index in [2.05, 4.69) is 9.84 Å². The summed E-state index contributed by atoms with van der Waals surface area (Å²) < 4.78 is 46.3. The Morgan fingerprint density at radius 2 is 1.86 bits per heavy atom. The van der Waals surface area contributed by atoms with Gasteiger partial charge >= 0.3 is 6.36 Å². The van der Waals surface area contributed by atoms with E-state index in [4.69, 9.17) is 4.74 Å². The van der Waals surface area contributed by atoms with Gasteiger partial charge in [0.2, 0.25) is 5.78 Å². The van der Waals surface area contributed by atoms with E-state index in [0.29, 0.717) is 0 Å². The summed E-state index contributed by atoms with van der Waals surface area (Å²) in [4.78, 5) is 12.3. The zero-order valence-electron chi connectivity index (χ0n) is 11.1. The Hall–Kier alpha value is -2.51. The number of methoxy groups -OCH3 is 1. The van der Waals surface area contributed by atoms with Crippen molar-refractivity contribution in [3.63, 3.8) is 0 Å². The van der Waals surface area contributed by atoms with E-state index >= 15 is 0 Å². The molecular weight excluding hydrogens is 289 g/mol. The van der Waals surface area contributed by atoms with Gasteiger partial charge in [-0.1, -0.05) is 0 Å². The summed E-state index contributed by atoms with van der Waals surface area (Å²) in [5, 5.41) is 3.90. The van der Waals surface area contributed by atoms with Crippen LogP contribution in [0.25, 0.3) is 0 Å². The fourth-order valence-corrected chi connectivity index (χ4v) is 1.77. The number of carbonyl (C=O) groups is 1. The predicted molar refractivity (Wildman–Crippen MR) is 66.3 cm³/mol. The molecule has 0 fully saturated rings. The molecule has 0 aliphatic heterocycles. The van der Waals surface area contributed by atoms with Crippen LogP contribution in [-0.2, 0) is 7.05 Å². The minimum absolute atomic E-state index is 0.200. The molecule has 1 aromatic carbocycles. The third-order valence-electron chi connectivity index (χ3n) is 2.69. The molecule has 0 aliphatic rings. The average Bonchev–Trinajstić information content (AvgIpc) is 2.78. The maximum absolute atomic E-state index is 12.3. The molecule has 21 heavy (non-hydrogen) atoms. The van der Waals surface area contributed by atoms with Gasteiger partial charge in [0.25, 0.3) is 0 Å². The monoisotopic (exact) mass is 300 g/mol. The number of ketones is 1. The van der Waals surface area contributed by atoms with E-state index in [1.54, 1.807) is 7.05 Å². The van der Waals surface area contributed by atoms with E-state index in [1.165, 1.54) is 30.1 Å². The molecule has 1 aromatic heterocycles. The Labute approximate surface area is 117 Å². The lowest BCUT2D eigenvalue weighted by molar-refractivity contribution is -0.274. The zero-order valence-corrected chi connectivity index (χ0v) is 11.1. The van der Waals surface area contributed by atoms with Crippen LogP contribution in [0.3, 0.4) is 0 Å². The first-order valence-corrected chi connectivity index (χ1v) is 5.78. The van der Waals surface area contributed by atoms with Crippen molar-refractivity contribution in [1.82, 2.24) is 9.78 Å². The van der Waals surface area contributed by atoms with Crippen LogP contribution in [0.15, 0.2) is 30.5 Å². The molecule has 0 unspecified atom stereocenters. The molecule has 0 saturated heterocycles. The molecule has 0 bridgehead atoms. The van der Waals surface area contributed by atoms with Crippen molar-refractivity contribution in [2.75, 3.05) is 7.11 Å². The van der Waals surface area contributed by atoms with Crippen molar-refractivity contribution in [1.29, 1.82) is 0 Å². The van der Waals surface area contributed by atoms with Crippen molar-refractivity contribution < 1.29 is 27.4 Å². The number of aryl methyl sites for hydroxylation is 1. The minimum atomic E-state index is -4.77. The van der Waals surface area contributed by atoms with Crippen LogP contribution in [0.1, 0.15) is 16.1 Å². The normalized spacial score (nSPS) is 11.3. The SMILES string of the molecule is COc1cnn(C)c1C(=O)c1ccc(OC(F)(F)F)cc1. The molecule has 0 N–H and O–H groups in total. The third kappa shape index (κ3) is 3.33. The highest BCUT2D eigenvalue weighted by Gasteiger charge is 2.31. The Balaban J connectivity index is 2.26. The maximum Gasteiger partial charge on any atom is 0.573 e. The minimum Gasteiger partial charge on any atom is -0.493 e. The molecule has 0 atom stereocenters. The van der Waals surface area contributed by atoms with Gasteiger partial charge in [-0.25, -0.2) is 0 Å². The molecule has 0 saturated carbocycles. The van der Waals surface area contributed by atoms with Crippen LogP contribution < -0.4 is 9.47 Å². The molecule has 1 heterocycles. The van der Waals surface area contributed by atoms with Gasteiger partial charge < -0.3 is 9.47 Å². The largest absolute Gasteiger partial charge is 0.573 e. The van der Waals surface area contributed by atoms with Gasteiger partial charge in [-0.15, -0.1) is 13.2 Å². The van der Waals surface area contributed by atoms with Gasteiger partial charge in [0.15, 0.2) is 11.4 Å². The number of halogens is 3. The second-order valence-corrected chi connectivity index (χ2v) is 4.09. The highest BCUT2D eigenvalue weighted by atomic mass is 19.4. The molecule has 5 nitrogen and oxygen atoms in total. The van der Waals surface area contributed by atoms with E-state index in [1.807, 2.05) is 0 Å². The summed E-state index contributed by atoms with van der Waals surface area (Å²) in [6, 6.07) is 4.64. The first kappa shape index (κ1) is 14.9. The van der Waals surface area contributed by atoms with Crippen molar-refractivity contribution in [2.24, 2.45) is 7.05 Å². The summed E-state index contributed by atoms with van der Waals surface area (Å²) in [6.07, 6.45) is -3.38. The zero-order chi connectivity index (χ0) is 15.6. The fourth-order valence-electron chi connectivity index (χ4n) is 1.77. The van der Waals surface area contributed by atoms with Crippen molar-refractivity contribution in [3.05, 3.63) is 41.7 Å². The Bertz CT molecular complexity index is 648. The summed E-state index contributed by atoms with van der Waals surface area (Å²) >= 11 is 0. The molecular formula is C13H11F3N2O3. The van der Waals surface area contributed by atoms with Crippen molar-refractivity contribution in [2.45, 2.75) is 6.36 Å². The van der Waals surface area contributed by atoms with Crippen molar-refractivity contribution >= 4 is 5.78 Å². The third-order valence-corrected chi connectivity index (χ3v) is 2.69. The molecule has 8 heteroatoms. The van der Waals surface area contributed by atoms with Gasteiger partial charge in [-0.05, 0) is 24.3 Å². The summed E-state index contributed by atoms with van der Waals surface area (Å²) in [7, 11) is 2.96. The molecule has 0 aliphatic carbocycles. The average molecular weight is 300 g/mol. The number of nitrogens with zero attached hydrogens (tertiary/aromatic N) is 2. The topological polar surface area (TPSA) is 53.4 Å². The summed E-state index contributed by atoms with van der Waals surface area (Å²) in [6.45, 7) is 0. The van der Waals surface area contributed by atoms with Crippen LogP contribution in [0, 0.1) is 0 Å². The second-order valence-electron chi connectivity index (χ2n) is 4.09. The fraction of sp³-hybridized carbons (Fsp3) is 0.231. The molecule has 2 aromatic rings. The number of ether oxygens (including phenoxy) is 2. The lowest BCUT2D eigenvalue weighted by Gasteiger charge is -2.09. The molecule has 2 rings (SSSR count). The molecule has 112 valence electrons.